The SMILES string of the molecule is O=C(COC(=O)c1cc(=O)c2ccccc2[nH]1)Nc1ccc([N+](=O)[O-])cc1Cl. The molecule has 0 bridgehead atoms. The van der Waals surface area contributed by atoms with Crippen LogP contribution < -0.4 is 10.7 Å². The molecule has 0 saturated carbocycles. The maximum atomic E-state index is 12.1. The van der Waals surface area contributed by atoms with Crippen LogP contribution >= 0.6 is 11.6 Å². The summed E-state index contributed by atoms with van der Waals surface area (Å²) in [4.78, 5) is 48.9. The van der Waals surface area contributed by atoms with E-state index in [0.717, 1.165) is 12.1 Å². The highest BCUT2D eigenvalue weighted by molar-refractivity contribution is 6.34. The molecule has 2 aromatic carbocycles. The van der Waals surface area contributed by atoms with E-state index in [2.05, 4.69) is 10.3 Å². The number of anilines is 1. The van der Waals surface area contributed by atoms with Crippen LogP contribution in [0.1, 0.15) is 10.5 Å². The number of nitrogens with one attached hydrogen (secondary N) is 2. The fraction of sp³-hybridized carbons (Fsp3) is 0.0556. The minimum absolute atomic E-state index is 0.0345. The van der Waals surface area contributed by atoms with Gasteiger partial charge in [-0.05, 0) is 18.2 Å². The number of fused-ring (bicyclic) bond motifs is 1. The Balaban J connectivity index is 1.65. The smallest absolute Gasteiger partial charge is 0.355 e. The Bertz CT molecular complexity index is 1160. The molecule has 0 spiro atoms. The van der Waals surface area contributed by atoms with Crippen molar-refractivity contribution < 1.29 is 19.2 Å². The number of nitrogens with zero attached hydrogens (tertiary/aromatic N) is 1. The molecule has 0 aliphatic heterocycles. The molecule has 28 heavy (non-hydrogen) atoms. The van der Waals surface area contributed by atoms with Crippen molar-refractivity contribution in [3.05, 3.63) is 79.6 Å². The summed E-state index contributed by atoms with van der Waals surface area (Å²) < 4.78 is 4.90. The van der Waals surface area contributed by atoms with E-state index in [9.17, 15) is 24.5 Å². The standard InChI is InChI=1S/C18H12ClN3O6/c19-12-7-10(22(26)27)5-6-14(12)21-17(24)9-28-18(25)15-8-16(23)11-3-1-2-4-13(11)20-15/h1-8H,9H2,(H,20,23)(H,21,24). The summed E-state index contributed by atoms with van der Waals surface area (Å²) in [5, 5.41) is 13.4. The molecule has 0 radical (unpaired) electrons. The number of nitro benzene ring substituents is 1. The molecule has 0 fully saturated rings. The number of aromatic amines is 1. The Labute approximate surface area is 162 Å². The number of ether oxygens (including phenoxy) is 1. The molecular weight excluding hydrogens is 390 g/mol. The van der Waals surface area contributed by atoms with Crippen LogP contribution in [0.2, 0.25) is 5.02 Å². The average Bonchev–Trinajstić information content (AvgIpc) is 2.67. The molecular formula is C18H12ClN3O6. The van der Waals surface area contributed by atoms with Crippen molar-refractivity contribution in [2.45, 2.75) is 0 Å². The monoisotopic (exact) mass is 401 g/mol. The van der Waals surface area contributed by atoms with Gasteiger partial charge in [-0.1, -0.05) is 23.7 Å². The first-order valence-electron chi connectivity index (χ1n) is 7.88. The molecule has 0 atom stereocenters. The Morgan fingerprint density at radius 2 is 1.93 bits per heavy atom. The number of H-pyrrole nitrogens is 1. The molecule has 0 aliphatic carbocycles. The molecule has 3 aromatic rings. The van der Waals surface area contributed by atoms with Crippen LogP contribution in [0.4, 0.5) is 11.4 Å². The number of halogens is 1. The predicted octanol–water partition coefficient (Wildman–Crippen LogP) is 2.89. The molecule has 0 aliphatic rings. The van der Waals surface area contributed by atoms with Gasteiger partial charge in [-0.25, -0.2) is 4.79 Å². The van der Waals surface area contributed by atoms with Gasteiger partial charge in [0.2, 0.25) is 0 Å². The molecule has 1 aromatic heterocycles. The summed E-state index contributed by atoms with van der Waals surface area (Å²) in [5.41, 5.74) is -0.0838. The lowest BCUT2D eigenvalue weighted by Gasteiger charge is -2.08. The van der Waals surface area contributed by atoms with Crippen LogP contribution in [0.5, 0.6) is 0 Å². The Kier molecular flexibility index (Phi) is 5.37. The van der Waals surface area contributed by atoms with Gasteiger partial charge in [0, 0.05) is 29.1 Å². The van der Waals surface area contributed by atoms with Gasteiger partial charge in [-0.15, -0.1) is 0 Å². The minimum Gasteiger partial charge on any atom is -0.451 e. The average molecular weight is 402 g/mol. The van der Waals surface area contributed by atoms with Gasteiger partial charge < -0.3 is 15.0 Å². The highest BCUT2D eigenvalue weighted by Crippen LogP contribution is 2.26. The van der Waals surface area contributed by atoms with Gasteiger partial charge in [-0.2, -0.15) is 0 Å². The summed E-state index contributed by atoms with van der Waals surface area (Å²) in [6, 6.07) is 11.3. The fourth-order valence-electron chi connectivity index (χ4n) is 2.42. The number of esters is 1. The number of pyridine rings is 1. The Hall–Kier alpha value is -3.72. The molecule has 142 valence electrons. The molecule has 10 heteroatoms. The lowest BCUT2D eigenvalue weighted by atomic mass is 10.2. The molecule has 9 nitrogen and oxygen atoms in total. The number of amides is 1. The molecule has 0 saturated heterocycles. The van der Waals surface area contributed by atoms with Gasteiger partial charge in [-0.3, -0.25) is 19.7 Å². The number of carbonyl (C=O) groups is 2. The first-order valence-corrected chi connectivity index (χ1v) is 8.26. The van der Waals surface area contributed by atoms with Crippen molar-refractivity contribution in [1.82, 2.24) is 4.98 Å². The van der Waals surface area contributed by atoms with Gasteiger partial charge >= 0.3 is 5.97 Å². The highest BCUT2D eigenvalue weighted by Gasteiger charge is 2.15. The lowest BCUT2D eigenvalue weighted by Crippen LogP contribution is -2.22. The van der Waals surface area contributed by atoms with E-state index in [-0.39, 0.29) is 27.5 Å². The predicted molar refractivity (Wildman–Crippen MR) is 102 cm³/mol. The summed E-state index contributed by atoms with van der Waals surface area (Å²) in [6.45, 7) is -0.638. The van der Waals surface area contributed by atoms with Gasteiger partial charge in [0.05, 0.1) is 15.6 Å². The van der Waals surface area contributed by atoms with Crippen molar-refractivity contribution in [1.29, 1.82) is 0 Å². The third kappa shape index (κ3) is 4.15. The number of rotatable bonds is 5. The number of carbonyl (C=O) groups excluding carboxylic acids is 2. The van der Waals surface area contributed by atoms with Gasteiger partial charge in [0.1, 0.15) is 5.69 Å². The lowest BCUT2D eigenvalue weighted by molar-refractivity contribution is -0.384. The van der Waals surface area contributed by atoms with Crippen molar-refractivity contribution in [2.24, 2.45) is 0 Å². The van der Waals surface area contributed by atoms with Crippen molar-refractivity contribution >= 4 is 45.8 Å². The molecule has 0 unspecified atom stereocenters. The fourth-order valence-corrected chi connectivity index (χ4v) is 2.64. The number of hydrogen-bond acceptors (Lipinski definition) is 6. The van der Waals surface area contributed by atoms with Gasteiger partial charge in [0.15, 0.2) is 12.0 Å². The second-order valence-electron chi connectivity index (χ2n) is 5.64. The summed E-state index contributed by atoms with van der Waals surface area (Å²) in [5.74, 6) is -1.58. The molecule has 3 rings (SSSR count). The van der Waals surface area contributed by atoms with Crippen LogP contribution in [0.3, 0.4) is 0 Å². The second kappa shape index (κ2) is 7.89. The highest BCUT2D eigenvalue weighted by atomic mass is 35.5. The topological polar surface area (TPSA) is 131 Å². The maximum Gasteiger partial charge on any atom is 0.355 e. The van der Waals surface area contributed by atoms with Crippen LogP contribution in [0.15, 0.2) is 53.3 Å². The summed E-state index contributed by atoms with van der Waals surface area (Å²) in [7, 11) is 0. The third-order valence-electron chi connectivity index (χ3n) is 3.73. The van der Waals surface area contributed by atoms with E-state index in [1.54, 1.807) is 24.3 Å². The second-order valence-corrected chi connectivity index (χ2v) is 6.05. The van der Waals surface area contributed by atoms with Crippen molar-refractivity contribution in [3.8, 4) is 0 Å². The summed E-state index contributed by atoms with van der Waals surface area (Å²) in [6.07, 6.45) is 0. The zero-order chi connectivity index (χ0) is 20.3. The number of benzene rings is 2. The van der Waals surface area contributed by atoms with E-state index in [1.807, 2.05) is 0 Å². The first-order chi connectivity index (χ1) is 13.3. The summed E-state index contributed by atoms with van der Waals surface area (Å²) >= 11 is 5.88. The van der Waals surface area contributed by atoms with Crippen LogP contribution in [-0.2, 0) is 9.53 Å². The Morgan fingerprint density at radius 1 is 1.18 bits per heavy atom. The number of aromatic nitrogens is 1. The van der Waals surface area contributed by atoms with Crippen molar-refractivity contribution in [2.75, 3.05) is 11.9 Å². The normalized spacial score (nSPS) is 10.5. The van der Waals surface area contributed by atoms with E-state index in [4.69, 9.17) is 16.3 Å². The van der Waals surface area contributed by atoms with Crippen molar-refractivity contribution in [3.63, 3.8) is 0 Å². The van der Waals surface area contributed by atoms with E-state index in [1.165, 1.54) is 12.1 Å². The zero-order valence-electron chi connectivity index (χ0n) is 14.1. The van der Waals surface area contributed by atoms with E-state index in [0.29, 0.717) is 10.9 Å². The number of hydrogen-bond donors (Lipinski definition) is 2. The number of nitro groups is 1. The minimum atomic E-state index is -0.882. The van der Waals surface area contributed by atoms with E-state index < -0.39 is 23.4 Å². The maximum absolute atomic E-state index is 12.1. The van der Waals surface area contributed by atoms with E-state index >= 15 is 0 Å². The Morgan fingerprint density at radius 3 is 2.64 bits per heavy atom. The number of non-ortho nitro benzene ring substituents is 1. The number of para-hydroxylation sites is 1. The largest absolute Gasteiger partial charge is 0.451 e. The molecule has 2 N–H and O–H groups in total. The quantitative estimate of drug-likeness (QED) is 0.384. The third-order valence-corrected chi connectivity index (χ3v) is 4.04. The van der Waals surface area contributed by atoms with Crippen LogP contribution in [-0.4, -0.2) is 28.4 Å². The van der Waals surface area contributed by atoms with Gasteiger partial charge in [0.25, 0.3) is 11.6 Å². The zero-order valence-corrected chi connectivity index (χ0v) is 14.9. The molecule has 1 amide bonds. The molecule has 1 heterocycles. The van der Waals surface area contributed by atoms with Crippen LogP contribution in [0, 0.1) is 10.1 Å². The van der Waals surface area contributed by atoms with Crippen LogP contribution in [0.25, 0.3) is 10.9 Å². The first kappa shape index (κ1) is 19.1.